The van der Waals surface area contributed by atoms with E-state index < -0.39 is 12.0 Å². The van der Waals surface area contributed by atoms with Crippen molar-refractivity contribution in [3.8, 4) is 11.4 Å². The van der Waals surface area contributed by atoms with Crippen LogP contribution in [0.25, 0.3) is 5.69 Å². The molecule has 57 heavy (non-hydrogen) atoms. The van der Waals surface area contributed by atoms with Crippen molar-refractivity contribution in [3.05, 3.63) is 70.3 Å². The molecule has 3 aromatic rings. The summed E-state index contributed by atoms with van der Waals surface area (Å²) in [5, 5.41) is 20.8. The first-order valence-corrected chi connectivity index (χ1v) is 19.3. The van der Waals surface area contributed by atoms with Gasteiger partial charge in [0.2, 0.25) is 5.91 Å². The van der Waals surface area contributed by atoms with Crippen LogP contribution in [0.2, 0.25) is 5.02 Å². The molecule has 17 nitrogen and oxygen atoms in total. The smallest absolute Gasteiger partial charge is 0.305 e. The summed E-state index contributed by atoms with van der Waals surface area (Å²) in [6.07, 6.45) is 0.0508. The Kier molecular flexibility index (Phi) is 21.5. The SMILES string of the molecule is COc1ccc2c(c1)C(c1ccc(Cl)cc1)=N[C@@H](CC(=O)NCCOCCOCCOCCOCCOCCOCCOCCOCCC(=O)O)c1nnc(C)n1-2. The summed E-state index contributed by atoms with van der Waals surface area (Å²) in [6, 6.07) is 12.6. The fourth-order valence-electron chi connectivity index (χ4n) is 5.49. The lowest BCUT2D eigenvalue weighted by Gasteiger charge is -2.14. The van der Waals surface area contributed by atoms with Gasteiger partial charge >= 0.3 is 5.97 Å². The first kappa shape index (κ1) is 45.7. The number of aromatic nitrogens is 3. The number of ether oxygens (including phenoxy) is 9. The fourth-order valence-corrected chi connectivity index (χ4v) is 5.61. The van der Waals surface area contributed by atoms with Gasteiger partial charge in [0, 0.05) is 22.7 Å². The summed E-state index contributed by atoms with van der Waals surface area (Å²) in [5.74, 6) is 0.855. The summed E-state index contributed by atoms with van der Waals surface area (Å²) in [4.78, 5) is 28.6. The van der Waals surface area contributed by atoms with Gasteiger partial charge in [0.25, 0.3) is 0 Å². The third-order valence-corrected chi connectivity index (χ3v) is 8.51. The normalized spacial score (nSPS) is 13.5. The fraction of sp³-hybridized carbons (Fsp3) is 0.564. The highest BCUT2D eigenvalue weighted by Gasteiger charge is 2.30. The van der Waals surface area contributed by atoms with Crippen LogP contribution in [0.5, 0.6) is 5.75 Å². The molecule has 0 radical (unpaired) electrons. The first-order valence-electron chi connectivity index (χ1n) is 18.9. The summed E-state index contributed by atoms with van der Waals surface area (Å²) >= 11 is 6.19. The molecule has 0 bridgehead atoms. The molecular weight excluding hydrogens is 766 g/mol. The van der Waals surface area contributed by atoms with E-state index in [1.807, 2.05) is 54.0 Å². The highest BCUT2D eigenvalue weighted by molar-refractivity contribution is 6.30. The van der Waals surface area contributed by atoms with Crippen molar-refractivity contribution in [1.82, 2.24) is 20.1 Å². The Morgan fingerprint density at radius 3 is 1.74 bits per heavy atom. The van der Waals surface area contributed by atoms with Crippen LogP contribution in [0.3, 0.4) is 0 Å². The zero-order valence-electron chi connectivity index (χ0n) is 32.7. The number of aliphatic carboxylic acids is 1. The molecule has 4 rings (SSSR count). The zero-order chi connectivity index (χ0) is 40.5. The number of carbonyl (C=O) groups is 2. The lowest BCUT2D eigenvalue weighted by atomic mass is 10.00. The van der Waals surface area contributed by atoms with Gasteiger partial charge in [-0.1, -0.05) is 23.7 Å². The van der Waals surface area contributed by atoms with Crippen molar-refractivity contribution in [2.24, 2.45) is 4.99 Å². The Morgan fingerprint density at radius 2 is 1.23 bits per heavy atom. The summed E-state index contributed by atoms with van der Waals surface area (Å²) in [6.45, 7) is 8.68. The molecule has 2 N–H and O–H groups in total. The summed E-state index contributed by atoms with van der Waals surface area (Å²) in [7, 11) is 1.62. The molecule has 0 aliphatic carbocycles. The average Bonchev–Trinajstić information content (AvgIpc) is 3.53. The third-order valence-electron chi connectivity index (χ3n) is 8.26. The van der Waals surface area contributed by atoms with Gasteiger partial charge in [-0.2, -0.15) is 0 Å². The minimum Gasteiger partial charge on any atom is -0.497 e. The Bertz CT molecular complexity index is 1660. The Morgan fingerprint density at radius 1 is 0.719 bits per heavy atom. The average molecular weight is 820 g/mol. The molecule has 0 saturated carbocycles. The number of methoxy groups -OCH3 is 1. The lowest BCUT2D eigenvalue weighted by Crippen LogP contribution is -2.29. The molecule has 18 heteroatoms. The second-order valence-electron chi connectivity index (χ2n) is 12.4. The predicted molar refractivity (Wildman–Crippen MR) is 209 cm³/mol. The second-order valence-corrected chi connectivity index (χ2v) is 12.9. The molecule has 0 saturated heterocycles. The van der Waals surface area contributed by atoms with Crippen molar-refractivity contribution >= 4 is 29.2 Å². The number of fused-ring (bicyclic) bond motifs is 3. The van der Waals surface area contributed by atoms with Crippen molar-refractivity contribution < 1.29 is 57.3 Å². The first-order chi connectivity index (χ1) is 27.9. The van der Waals surface area contributed by atoms with E-state index in [9.17, 15) is 9.59 Å². The Labute approximate surface area is 337 Å². The molecule has 1 aliphatic rings. The van der Waals surface area contributed by atoms with Crippen LogP contribution in [-0.2, 0) is 47.5 Å². The number of rotatable bonds is 31. The number of nitrogens with one attached hydrogen (secondary N) is 1. The van der Waals surface area contributed by atoms with E-state index in [1.54, 1.807) is 7.11 Å². The minimum atomic E-state index is -0.883. The van der Waals surface area contributed by atoms with Crippen LogP contribution in [0.1, 0.15) is 41.7 Å². The molecule has 314 valence electrons. The summed E-state index contributed by atoms with van der Waals surface area (Å²) in [5.41, 5.74) is 3.22. The number of benzene rings is 2. The molecule has 1 aromatic heterocycles. The van der Waals surface area contributed by atoms with Gasteiger partial charge in [0.1, 0.15) is 17.6 Å². The maximum atomic E-state index is 13.1. The van der Waals surface area contributed by atoms with Crippen molar-refractivity contribution in [3.63, 3.8) is 0 Å². The van der Waals surface area contributed by atoms with Gasteiger partial charge in [-0.25, -0.2) is 0 Å². The number of amides is 1. The van der Waals surface area contributed by atoms with Crippen molar-refractivity contribution in [2.45, 2.75) is 25.8 Å². The van der Waals surface area contributed by atoms with Crippen LogP contribution in [-0.4, -0.2) is 157 Å². The molecule has 0 spiro atoms. The predicted octanol–water partition coefficient (Wildman–Crippen LogP) is 3.24. The highest BCUT2D eigenvalue weighted by atomic mass is 35.5. The maximum absolute atomic E-state index is 13.1. The number of aliphatic imine (C=N–C) groups is 1. The number of carboxylic acids is 1. The number of halogens is 1. The van der Waals surface area contributed by atoms with Crippen LogP contribution < -0.4 is 10.1 Å². The maximum Gasteiger partial charge on any atom is 0.305 e. The number of carboxylic acid groups (broad SMARTS) is 1. The number of carbonyl (C=O) groups excluding carboxylic acids is 1. The highest BCUT2D eigenvalue weighted by Crippen LogP contribution is 2.34. The van der Waals surface area contributed by atoms with Gasteiger partial charge in [0.15, 0.2) is 5.82 Å². The van der Waals surface area contributed by atoms with E-state index in [2.05, 4.69) is 15.5 Å². The van der Waals surface area contributed by atoms with Gasteiger partial charge in [0.05, 0.1) is 137 Å². The molecule has 1 atom stereocenters. The van der Waals surface area contributed by atoms with Crippen LogP contribution in [0.4, 0.5) is 0 Å². The van der Waals surface area contributed by atoms with Crippen molar-refractivity contribution in [1.29, 1.82) is 0 Å². The standard InChI is InChI=1S/C39H54ClN5O12/c1-29-43-44-39-34(42-38(30-3-5-31(40)6-4-30)33-27-32(49-2)7-8-35(33)45(29)39)28-36(46)41-10-12-51-14-16-53-18-20-55-22-24-57-26-25-56-23-21-54-19-17-52-15-13-50-11-9-37(47)48/h3-8,27,34H,9-26,28H2,1-2H3,(H,41,46)(H,47,48)/t34-/m0/s1. The topological polar surface area (TPSA) is 193 Å². The quantitative estimate of drug-likeness (QED) is 0.0900. The van der Waals surface area contributed by atoms with Gasteiger partial charge in [-0.15, -0.1) is 10.2 Å². The second kappa shape index (κ2) is 26.8. The Hall–Kier alpha value is -4.04. The van der Waals surface area contributed by atoms with Crippen LogP contribution >= 0.6 is 11.6 Å². The number of hydrogen-bond acceptors (Lipinski definition) is 14. The van der Waals surface area contributed by atoms with E-state index in [1.165, 1.54) is 0 Å². The monoisotopic (exact) mass is 819 g/mol. The minimum absolute atomic E-state index is 0.0135. The van der Waals surface area contributed by atoms with E-state index in [4.69, 9.17) is 64.3 Å². The van der Waals surface area contributed by atoms with E-state index in [-0.39, 0.29) is 25.4 Å². The van der Waals surface area contributed by atoms with E-state index in [0.29, 0.717) is 134 Å². The molecular formula is C39H54ClN5O12. The molecule has 2 aromatic carbocycles. The molecule has 1 aliphatic heterocycles. The van der Waals surface area contributed by atoms with Gasteiger partial charge in [-0.3, -0.25) is 19.1 Å². The van der Waals surface area contributed by atoms with Gasteiger partial charge in [-0.05, 0) is 37.3 Å². The lowest BCUT2D eigenvalue weighted by molar-refractivity contribution is -0.138. The number of aryl methyl sites for hydroxylation is 1. The molecule has 0 unspecified atom stereocenters. The molecule has 2 heterocycles. The zero-order valence-corrected chi connectivity index (χ0v) is 33.4. The Balaban J connectivity index is 0.998. The van der Waals surface area contributed by atoms with E-state index in [0.717, 1.165) is 16.8 Å². The molecule has 0 fully saturated rings. The van der Waals surface area contributed by atoms with Crippen LogP contribution in [0, 0.1) is 6.92 Å². The third kappa shape index (κ3) is 16.8. The summed E-state index contributed by atoms with van der Waals surface area (Å²) < 4.78 is 51.0. The van der Waals surface area contributed by atoms with Crippen LogP contribution in [0.15, 0.2) is 47.5 Å². The molecule has 1 amide bonds. The number of nitrogens with zero attached hydrogens (tertiary/aromatic N) is 4. The van der Waals surface area contributed by atoms with Crippen molar-refractivity contribution in [2.75, 3.05) is 119 Å². The number of hydrogen-bond donors (Lipinski definition) is 2. The van der Waals surface area contributed by atoms with Gasteiger partial charge < -0.3 is 53.1 Å². The van der Waals surface area contributed by atoms with E-state index >= 15 is 0 Å². The largest absolute Gasteiger partial charge is 0.497 e.